The molecule has 0 spiro atoms. The van der Waals surface area contributed by atoms with Crippen molar-refractivity contribution < 1.29 is 0 Å². The maximum atomic E-state index is 6.17. The highest BCUT2D eigenvalue weighted by atomic mass is 32.1. The number of nitrogens with zero attached hydrogens (tertiary/aromatic N) is 2. The summed E-state index contributed by atoms with van der Waals surface area (Å²) in [6.45, 7) is 7.17. The topological polar surface area (TPSA) is 43.8 Å². The van der Waals surface area contributed by atoms with Gasteiger partial charge >= 0.3 is 0 Å². The number of anilines is 1. The summed E-state index contributed by atoms with van der Waals surface area (Å²) >= 11 is 1.67. The van der Waals surface area contributed by atoms with Gasteiger partial charge in [0.2, 0.25) is 0 Å². The number of hydrogen-bond acceptors (Lipinski definition) is 3. The molecule has 0 amide bonds. The number of nitrogen functional groups attached to an aromatic ring is 1. The van der Waals surface area contributed by atoms with Crippen molar-refractivity contribution in [2.45, 2.75) is 27.3 Å². The van der Waals surface area contributed by atoms with Crippen molar-refractivity contribution in [3.8, 4) is 10.7 Å². The van der Waals surface area contributed by atoms with Crippen LogP contribution in [0.15, 0.2) is 23.6 Å². The molecule has 2 aromatic heterocycles. The first-order valence-corrected chi connectivity index (χ1v) is 7.30. The number of rotatable bonds is 2. The van der Waals surface area contributed by atoms with Gasteiger partial charge in [0.1, 0.15) is 0 Å². The molecule has 0 aliphatic carbocycles. The van der Waals surface area contributed by atoms with Crippen molar-refractivity contribution >= 4 is 28.1 Å². The predicted molar refractivity (Wildman–Crippen MR) is 82.6 cm³/mol. The summed E-state index contributed by atoms with van der Waals surface area (Å²) in [5.74, 6) is 0.985. The number of aryl methyl sites for hydroxylation is 3. The van der Waals surface area contributed by atoms with E-state index < -0.39 is 0 Å². The average molecular weight is 271 g/mol. The zero-order chi connectivity index (χ0) is 13.6. The first-order valence-electron chi connectivity index (χ1n) is 6.42. The Balaban J connectivity index is 2.31. The van der Waals surface area contributed by atoms with Gasteiger partial charge in [-0.1, -0.05) is 6.07 Å². The summed E-state index contributed by atoms with van der Waals surface area (Å²) in [5.41, 5.74) is 11.6. The van der Waals surface area contributed by atoms with Crippen molar-refractivity contribution in [2.75, 3.05) is 5.73 Å². The van der Waals surface area contributed by atoms with Gasteiger partial charge in [0, 0.05) is 6.54 Å². The molecule has 0 bridgehead atoms. The molecule has 0 unspecified atom stereocenters. The molecule has 98 valence electrons. The second kappa shape index (κ2) is 4.38. The van der Waals surface area contributed by atoms with E-state index in [1.165, 1.54) is 11.1 Å². The fraction of sp³-hybridized carbons (Fsp3) is 0.267. The van der Waals surface area contributed by atoms with E-state index in [1.54, 1.807) is 11.3 Å². The predicted octanol–water partition coefficient (Wildman–Crippen LogP) is 3.98. The van der Waals surface area contributed by atoms with E-state index >= 15 is 0 Å². The molecule has 3 aromatic rings. The Morgan fingerprint density at radius 1 is 1.32 bits per heavy atom. The Kier molecular flexibility index (Phi) is 2.82. The lowest BCUT2D eigenvalue weighted by molar-refractivity contribution is 0.798. The molecule has 3 rings (SSSR count). The number of nitrogens with two attached hydrogens (primary N) is 1. The van der Waals surface area contributed by atoms with Gasteiger partial charge in [0.15, 0.2) is 5.82 Å². The van der Waals surface area contributed by atoms with Crippen LogP contribution in [0.1, 0.15) is 18.1 Å². The molecule has 2 heterocycles. The maximum absolute atomic E-state index is 6.17. The molecule has 0 fully saturated rings. The summed E-state index contributed by atoms with van der Waals surface area (Å²) in [5, 5.41) is 2.09. The van der Waals surface area contributed by atoms with Gasteiger partial charge in [-0.15, -0.1) is 11.3 Å². The molecule has 0 saturated carbocycles. The quantitative estimate of drug-likeness (QED) is 0.766. The van der Waals surface area contributed by atoms with Crippen LogP contribution in [0, 0.1) is 13.8 Å². The van der Waals surface area contributed by atoms with Crippen LogP contribution < -0.4 is 5.73 Å². The highest BCUT2D eigenvalue weighted by Crippen LogP contribution is 2.36. The maximum Gasteiger partial charge on any atom is 0.153 e. The number of imidazole rings is 1. The minimum absolute atomic E-state index is 0.853. The second-order valence-corrected chi connectivity index (χ2v) is 5.71. The van der Waals surface area contributed by atoms with Crippen LogP contribution in [0.5, 0.6) is 0 Å². The van der Waals surface area contributed by atoms with Crippen molar-refractivity contribution in [1.82, 2.24) is 9.55 Å². The summed E-state index contributed by atoms with van der Waals surface area (Å²) in [6.07, 6.45) is 0. The zero-order valence-electron chi connectivity index (χ0n) is 11.4. The van der Waals surface area contributed by atoms with Crippen molar-refractivity contribution in [3.63, 3.8) is 0 Å². The van der Waals surface area contributed by atoms with Crippen LogP contribution in [-0.2, 0) is 6.54 Å². The number of thiophene rings is 1. The number of hydrogen-bond donors (Lipinski definition) is 1. The van der Waals surface area contributed by atoms with Gasteiger partial charge in [-0.3, -0.25) is 0 Å². The first kappa shape index (κ1) is 12.2. The Labute approximate surface area is 116 Å². The third kappa shape index (κ3) is 1.83. The fourth-order valence-electron chi connectivity index (χ4n) is 2.36. The van der Waals surface area contributed by atoms with Crippen LogP contribution in [0.3, 0.4) is 0 Å². The number of fused-ring (bicyclic) bond motifs is 1. The summed E-state index contributed by atoms with van der Waals surface area (Å²) in [4.78, 5) is 5.86. The molecule has 19 heavy (non-hydrogen) atoms. The standard InChI is InChI=1S/C15H17N3S/c1-4-18-12-6-5-9(2)7-11(12)17-15(18)14-13(16)10(3)8-19-14/h5-8H,4,16H2,1-3H3. The van der Waals surface area contributed by atoms with E-state index in [2.05, 4.69) is 42.0 Å². The largest absolute Gasteiger partial charge is 0.397 e. The number of aromatic nitrogens is 2. The normalized spacial score (nSPS) is 11.3. The van der Waals surface area contributed by atoms with Crippen LogP contribution in [0.25, 0.3) is 21.7 Å². The van der Waals surface area contributed by atoms with Crippen LogP contribution >= 0.6 is 11.3 Å². The monoisotopic (exact) mass is 271 g/mol. The van der Waals surface area contributed by atoms with E-state index in [0.29, 0.717) is 0 Å². The van der Waals surface area contributed by atoms with Gasteiger partial charge in [-0.25, -0.2) is 4.98 Å². The summed E-state index contributed by atoms with van der Waals surface area (Å²) in [6, 6.07) is 6.39. The third-order valence-electron chi connectivity index (χ3n) is 3.45. The minimum atomic E-state index is 0.853. The van der Waals surface area contributed by atoms with E-state index in [9.17, 15) is 0 Å². The van der Waals surface area contributed by atoms with Crippen molar-refractivity contribution in [1.29, 1.82) is 0 Å². The molecule has 0 atom stereocenters. The minimum Gasteiger partial charge on any atom is -0.397 e. The van der Waals surface area contributed by atoms with E-state index in [0.717, 1.165) is 34.0 Å². The fourth-order valence-corrected chi connectivity index (χ4v) is 3.33. The van der Waals surface area contributed by atoms with Crippen molar-refractivity contribution in [3.05, 3.63) is 34.7 Å². The smallest absolute Gasteiger partial charge is 0.153 e. The third-order valence-corrected chi connectivity index (χ3v) is 4.56. The highest BCUT2D eigenvalue weighted by molar-refractivity contribution is 7.14. The van der Waals surface area contributed by atoms with Crippen LogP contribution in [0.2, 0.25) is 0 Å². The molecular formula is C15H17N3S. The molecule has 1 aromatic carbocycles. The molecule has 0 radical (unpaired) electrons. The average Bonchev–Trinajstić information content (AvgIpc) is 2.90. The van der Waals surface area contributed by atoms with E-state index in [4.69, 9.17) is 10.7 Å². The lowest BCUT2D eigenvalue weighted by Gasteiger charge is -2.05. The van der Waals surface area contributed by atoms with Gasteiger partial charge in [0.05, 0.1) is 21.6 Å². The molecular weight excluding hydrogens is 254 g/mol. The Morgan fingerprint density at radius 2 is 2.11 bits per heavy atom. The van der Waals surface area contributed by atoms with Crippen LogP contribution in [0.4, 0.5) is 5.69 Å². The molecule has 2 N–H and O–H groups in total. The number of benzene rings is 1. The zero-order valence-corrected chi connectivity index (χ0v) is 12.2. The summed E-state index contributed by atoms with van der Waals surface area (Å²) < 4.78 is 2.23. The molecule has 3 nitrogen and oxygen atoms in total. The first-order chi connectivity index (χ1) is 9.11. The molecule has 0 saturated heterocycles. The molecule has 0 aliphatic heterocycles. The van der Waals surface area contributed by atoms with Gasteiger partial charge in [0.25, 0.3) is 0 Å². The Morgan fingerprint density at radius 3 is 2.74 bits per heavy atom. The Bertz CT molecular complexity index is 752. The second-order valence-electron chi connectivity index (χ2n) is 4.83. The lowest BCUT2D eigenvalue weighted by Crippen LogP contribution is -1.98. The van der Waals surface area contributed by atoms with Crippen molar-refractivity contribution in [2.24, 2.45) is 0 Å². The highest BCUT2D eigenvalue weighted by Gasteiger charge is 2.16. The SMILES string of the molecule is CCn1c(-c2scc(C)c2N)nc2cc(C)ccc21. The molecule has 0 aliphatic rings. The summed E-state index contributed by atoms with van der Waals surface area (Å²) in [7, 11) is 0. The van der Waals surface area contributed by atoms with Gasteiger partial charge < -0.3 is 10.3 Å². The lowest BCUT2D eigenvalue weighted by atomic mass is 10.2. The van der Waals surface area contributed by atoms with E-state index in [1.807, 2.05) is 6.92 Å². The Hall–Kier alpha value is -1.81. The van der Waals surface area contributed by atoms with E-state index in [-0.39, 0.29) is 0 Å². The van der Waals surface area contributed by atoms with Gasteiger partial charge in [-0.05, 0) is 49.4 Å². The van der Waals surface area contributed by atoms with Gasteiger partial charge in [-0.2, -0.15) is 0 Å². The molecule has 4 heteroatoms. The van der Waals surface area contributed by atoms with Crippen LogP contribution in [-0.4, -0.2) is 9.55 Å².